The number of carbonyl (C=O) groups excluding carboxylic acids is 1. The van der Waals surface area contributed by atoms with Gasteiger partial charge in [0.2, 0.25) is 0 Å². The van der Waals surface area contributed by atoms with Crippen LogP contribution in [0.5, 0.6) is 0 Å². The quantitative estimate of drug-likeness (QED) is 0.884. The molecule has 1 saturated heterocycles. The lowest BCUT2D eigenvalue weighted by atomic mass is 10.0. The van der Waals surface area contributed by atoms with Crippen molar-refractivity contribution in [2.24, 2.45) is 5.92 Å². The minimum Gasteiger partial charge on any atom is -0.393 e. The number of likely N-dealkylation sites (tertiary alicyclic amines) is 1. The number of nitrogens with zero attached hydrogens (tertiary/aromatic N) is 2. The molecule has 1 N–H and O–H groups in total. The summed E-state index contributed by atoms with van der Waals surface area (Å²) >= 11 is 0. The molecule has 1 aliphatic heterocycles. The van der Waals surface area contributed by atoms with Crippen LogP contribution >= 0.6 is 0 Å². The Hall–Kier alpha value is -1.29. The molecular weight excluding hydrogens is 228 g/mol. The molecule has 2 heterocycles. The van der Waals surface area contributed by atoms with Crippen LogP contribution in [0.3, 0.4) is 0 Å². The lowest BCUT2D eigenvalue weighted by Gasteiger charge is -2.18. The lowest BCUT2D eigenvalue weighted by molar-refractivity contribution is 0.0752. The Morgan fingerprint density at radius 2 is 2.22 bits per heavy atom. The Morgan fingerprint density at radius 3 is 2.83 bits per heavy atom. The van der Waals surface area contributed by atoms with E-state index >= 15 is 0 Å². The molecule has 1 aromatic rings. The van der Waals surface area contributed by atoms with Crippen molar-refractivity contribution >= 4 is 5.91 Å². The number of aromatic nitrogens is 1. The lowest BCUT2D eigenvalue weighted by Crippen LogP contribution is -2.31. The van der Waals surface area contributed by atoms with E-state index in [2.05, 4.69) is 4.57 Å². The molecule has 4 heteroatoms. The summed E-state index contributed by atoms with van der Waals surface area (Å²) in [5.41, 5.74) is 0.809. The summed E-state index contributed by atoms with van der Waals surface area (Å²) in [5.74, 6) is 0.355. The maximum Gasteiger partial charge on any atom is 0.270 e. The standard InChI is InChI=1S/C14H20N2O2/c1-10(17)11-6-8-15(9-11)14(18)13-3-2-7-16(13)12-4-5-12/h2-3,7,10-12,17H,4-6,8-9H2,1H3. The highest BCUT2D eigenvalue weighted by atomic mass is 16.3. The highest BCUT2D eigenvalue weighted by Gasteiger charge is 2.32. The zero-order valence-electron chi connectivity index (χ0n) is 10.7. The summed E-state index contributed by atoms with van der Waals surface area (Å²) in [6.45, 7) is 3.27. The normalized spacial score (nSPS) is 25.4. The van der Waals surface area contributed by atoms with Gasteiger partial charge in [0.15, 0.2) is 0 Å². The van der Waals surface area contributed by atoms with Gasteiger partial charge in [-0.25, -0.2) is 0 Å². The molecule has 4 nitrogen and oxygen atoms in total. The van der Waals surface area contributed by atoms with Crippen LogP contribution in [0.1, 0.15) is 42.7 Å². The second kappa shape index (κ2) is 4.43. The van der Waals surface area contributed by atoms with Crippen molar-refractivity contribution in [3.8, 4) is 0 Å². The number of aliphatic hydroxyl groups is 1. The number of amides is 1. The third-order valence-electron chi connectivity index (χ3n) is 4.13. The summed E-state index contributed by atoms with van der Waals surface area (Å²) in [6.07, 6.45) is 4.97. The van der Waals surface area contributed by atoms with Gasteiger partial charge < -0.3 is 14.6 Å². The summed E-state index contributed by atoms with van der Waals surface area (Å²) in [5, 5.41) is 9.59. The SMILES string of the molecule is CC(O)C1CCN(C(=O)c2cccn2C2CC2)C1. The Balaban J connectivity index is 1.73. The van der Waals surface area contributed by atoms with Gasteiger partial charge in [0.25, 0.3) is 5.91 Å². The fourth-order valence-corrected chi connectivity index (χ4v) is 2.77. The molecule has 1 aromatic heterocycles. The molecule has 2 atom stereocenters. The van der Waals surface area contributed by atoms with Gasteiger partial charge >= 0.3 is 0 Å². The van der Waals surface area contributed by atoms with Crippen LogP contribution in [-0.2, 0) is 0 Å². The van der Waals surface area contributed by atoms with E-state index < -0.39 is 0 Å². The fraction of sp³-hybridized carbons (Fsp3) is 0.643. The van der Waals surface area contributed by atoms with Crippen molar-refractivity contribution in [3.05, 3.63) is 24.0 Å². The topological polar surface area (TPSA) is 45.5 Å². The molecule has 1 amide bonds. The van der Waals surface area contributed by atoms with E-state index in [0.717, 1.165) is 18.7 Å². The predicted octanol–water partition coefficient (Wildman–Crippen LogP) is 1.67. The molecule has 0 radical (unpaired) electrons. The number of rotatable bonds is 3. The van der Waals surface area contributed by atoms with Crippen LogP contribution in [-0.4, -0.2) is 39.7 Å². The molecule has 0 spiro atoms. The Kier molecular flexibility index (Phi) is 2.90. The van der Waals surface area contributed by atoms with Crippen LogP contribution in [0, 0.1) is 5.92 Å². The number of aliphatic hydroxyl groups excluding tert-OH is 1. The van der Waals surface area contributed by atoms with E-state index in [1.807, 2.05) is 30.2 Å². The van der Waals surface area contributed by atoms with E-state index in [4.69, 9.17) is 0 Å². The van der Waals surface area contributed by atoms with Crippen LogP contribution in [0.2, 0.25) is 0 Å². The van der Waals surface area contributed by atoms with Crippen LogP contribution in [0.25, 0.3) is 0 Å². The van der Waals surface area contributed by atoms with Gasteiger partial charge in [0.05, 0.1) is 6.10 Å². The molecule has 0 bridgehead atoms. The smallest absolute Gasteiger partial charge is 0.270 e. The molecule has 2 fully saturated rings. The van der Waals surface area contributed by atoms with Gasteiger partial charge in [0.1, 0.15) is 5.69 Å². The van der Waals surface area contributed by atoms with Crippen molar-refractivity contribution in [1.29, 1.82) is 0 Å². The summed E-state index contributed by atoms with van der Waals surface area (Å²) in [7, 11) is 0. The van der Waals surface area contributed by atoms with Gasteiger partial charge in [-0.05, 0) is 38.3 Å². The summed E-state index contributed by atoms with van der Waals surface area (Å²) < 4.78 is 2.11. The number of carbonyl (C=O) groups is 1. The molecule has 18 heavy (non-hydrogen) atoms. The zero-order chi connectivity index (χ0) is 12.7. The van der Waals surface area contributed by atoms with Crippen molar-refractivity contribution in [1.82, 2.24) is 9.47 Å². The van der Waals surface area contributed by atoms with Crippen LogP contribution < -0.4 is 0 Å². The van der Waals surface area contributed by atoms with Crippen molar-refractivity contribution in [3.63, 3.8) is 0 Å². The van der Waals surface area contributed by atoms with E-state index in [9.17, 15) is 9.90 Å². The Morgan fingerprint density at radius 1 is 1.44 bits per heavy atom. The first-order valence-corrected chi connectivity index (χ1v) is 6.81. The summed E-state index contributed by atoms with van der Waals surface area (Å²) in [4.78, 5) is 14.3. The van der Waals surface area contributed by atoms with E-state index in [0.29, 0.717) is 12.6 Å². The second-order valence-corrected chi connectivity index (χ2v) is 5.57. The molecule has 2 unspecified atom stereocenters. The first-order valence-electron chi connectivity index (χ1n) is 6.81. The molecular formula is C14H20N2O2. The summed E-state index contributed by atoms with van der Waals surface area (Å²) in [6, 6.07) is 4.40. The molecule has 3 rings (SSSR count). The van der Waals surface area contributed by atoms with Gasteiger partial charge in [0, 0.05) is 31.2 Å². The maximum atomic E-state index is 12.5. The van der Waals surface area contributed by atoms with Crippen molar-refractivity contribution in [2.45, 2.75) is 38.3 Å². The zero-order valence-corrected chi connectivity index (χ0v) is 10.7. The first-order chi connectivity index (χ1) is 8.66. The molecule has 98 valence electrons. The van der Waals surface area contributed by atoms with E-state index in [-0.39, 0.29) is 17.9 Å². The molecule has 0 aromatic carbocycles. The molecule has 1 aliphatic carbocycles. The fourth-order valence-electron chi connectivity index (χ4n) is 2.77. The highest BCUT2D eigenvalue weighted by Crippen LogP contribution is 2.36. The van der Waals surface area contributed by atoms with E-state index in [1.54, 1.807) is 0 Å². The largest absolute Gasteiger partial charge is 0.393 e. The Labute approximate surface area is 107 Å². The highest BCUT2D eigenvalue weighted by molar-refractivity contribution is 5.93. The van der Waals surface area contributed by atoms with Gasteiger partial charge in [-0.3, -0.25) is 4.79 Å². The first kappa shape index (κ1) is 11.8. The maximum absolute atomic E-state index is 12.5. The van der Waals surface area contributed by atoms with Gasteiger partial charge in [-0.1, -0.05) is 0 Å². The molecule has 1 saturated carbocycles. The second-order valence-electron chi connectivity index (χ2n) is 5.57. The van der Waals surface area contributed by atoms with Gasteiger partial charge in [-0.15, -0.1) is 0 Å². The minimum absolute atomic E-state index is 0.120. The van der Waals surface area contributed by atoms with Gasteiger partial charge in [-0.2, -0.15) is 0 Å². The van der Waals surface area contributed by atoms with Crippen molar-refractivity contribution in [2.75, 3.05) is 13.1 Å². The average molecular weight is 248 g/mol. The predicted molar refractivity (Wildman–Crippen MR) is 68.4 cm³/mol. The average Bonchev–Trinajstić information content (AvgIpc) is 2.92. The minimum atomic E-state index is -0.321. The molecule has 2 aliphatic rings. The van der Waals surface area contributed by atoms with Crippen LogP contribution in [0.4, 0.5) is 0 Å². The Bertz CT molecular complexity index is 448. The third-order valence-corrected chi connectivity index (χ3v) is 4.13. The number of hydrogen-bond acceptors (Lipinski definition) is 2. The number of hydrogen-bond donors (Lipinski definition) is 1. The monoisotopic (exact) mass is 248 g/mol. The van der Waals surface area contributed by atoms with Crippen LogP contribution in [0.15, 0.2) is 18.3 Å². The van der Waals surface area contributed by atoms with Crippen molar-refractivity contribution < 1.29 is 9.90 Å². The third kappa shape index (κ3) is 2.05. The van der Waals surface area contributed by atoms with E-state index in [1.165, 1.54) is 12.8 Å².